The maximum absolute atomic E-state index is 13.7. The molecule has 0 fully saturated rings. The Morgan fingerprint density at radius 1 is 1.03 bits per heavy atom. The lowest BCUT2D eigenvalue weighted by Crippen LogP contribution is -2.31. The van der Waals surface area contributed by atoms with Gasteiger partial charge in [0.2, 0.25) is 5.78 Å². The van der Waals surface area contributed by atoms with E-state index in [1.807, 2.05) is 0 Å². The summed E-state index contributed by atoms with van der Waals surface area (Å²) in [4.78, 5) is 28.2. The van der Waals surface area contributed by atoms with Crippen LogP contribution in [-0.4, -0.2) is 29.0 Å². The number of para-hydroxylation sites is 1. The molecule has 1 atom stereocenters. The monoisotopic (exact) mass is 475 g/mol. The molecule has 1 aliphatic heterocycles. The van der Waals surface area contributed by atoms with Crippen LogP contribution in [0.1, 0.15) is 22.2 Å². The van der Waals surface area contributed by atoms with Crippen LogP contribution in [0, 0.1) is 0 Å². The minimum Gasteiger partial charge on any atom is -0.508 e. The highest BCUT2D eigenvalue weighted by Gasteiger charge is 2.45. The fourth-order valence-electron chi connectivity index (χ4n) is 4.12. The number of ether oxygens (including phenoxy) is 1. The molecule has 7 nitrogen and oxygen atoms in total. The second kappa shape index (κ2) is 8.28. The summed E-state index contributed by atoms with van der Waals surface area (Å²) in [5.41, 5.74) is 1.20. The number of aliphatic hydroxyl groups is 1. The lowest BCUT2D eigenvalue weighted by Gasteiger charge is -2.26. The summed E-state index contributed by atoms with van der Waals surface area (Å²) in [6.45, 7) is 0. The fraction of sp³-hybridized carbons (Fsp3) is 0.0769. The van der Waals surface area contributed by atoms with Gasteiger partial charge in [-0.05, 0) is 54.1 Å². The molecule has 8 heteroatoms. The number of amides is 1. The first-order valence-corrected chi connectivity index (χ1v) is 10.7. The minimum atomic E-state index is -0.961. The van der Waals surface area contributed by atoms with Crippen molar-refractivity contribution >= 4 is 39.9 Å². The number of aliphatic hydroxyl groups excluding tert-OH is 1. The van der Waals surface area contributed by atoms with Crippen molar-refractivity contribution in [1.82, 2.24) is 0 Å². The number of ketones is 1. The summed E-state index contributed by atoms with van der Waals surface area (Å²) in [5.74, 6) is -1.62. The van der Waals surface area contributed by atoms with Gasteiger partial charge in [-0.1, -0.05) is 35.9 Å². The number of anilines is 1. The third kappa shape index (κ3) is 3.47. The summed E-state index contributed by atoms with van der Waals surface area (Å²) < 4.78 is 11.1. The number of hydrogen-bond donors (Lipinski definition) is 2. The lowest BCUT2D eigenvalue weighted by molar-refractivity contribution is -0.117. The van der Waals surface area contributed by atoms with E-state index in [2.05, 4.69) is 0 Å². The van der Waals surface area contributed by atoms with Crippen LogP contribution in [0.2, 0.25) is 5.02 Å². The third-order valence-electron chi connectivity index (χ3n) is 5.72. The molecule has 2 N–H and O–H groups in total. The van der Waals surface area contributed by atoms with E-state index in [1.54, 1.807) is 60.7 Å². The molecule has 5 rings (SSSR count). The van der Waals surface area contributed by atoms with Gasteiger partial charge in [0.05, 0.1) is 18.7 Å². The van der Waals surface area contributed by atoms with Crippen molar-refractivity contribution in [3.05, 3.63) is 100 Å². The molecule has 1 aliphatic rings. The maximum Gasteiger partial charge on any atom is 0.294 e. The number of methoxy groups -OCH3 is 1. The SMILES string of the molecule is COc1cccc2cc(C(=O)C3=C(O)C(=O)N(c4ccc(Cl)cc4)C3c3ccc(O)cc3)oc12. The molecule has 1 amide bonds. The minimum absolute atomic E-state index is 0.0246. The van der Waals surface area contributed by atoms with E-state index in [0.717, 1.165) is 0 Å². The van der Waals surface area contributed by atoms with E-state index in [0.29, 0.717) is 33.0 Å². The number of halogens is 1. The van der Waals surface area contributed by atoms with Gasteiger partial charge >= 0.3 is 0 Å². The number of carbonyl (C=O) groups excluding carboxylic acids is 2. The van der Waals surface area contributed by atoms with Crippen molar-refractivity contribution in [3.8, 4) is 11.5 Å². The Balaban J connectivity index is 1.66. The quantitative estimate of drug-likeness (QED) is 0.365. The highest BCUT2D eigenvalue weighted by molar-refractivity contribution is 6.30. The summed E-state index contributed by atoms with van der Waals surface area (Å²) in [5, 5.41) is 21.7. The molecule has 1 aromatic heterocycles. The Hall–Kier alpha value is -4.23. The third-order valence-corrected chi connectivity index (χ3v) is 5.97. The number of fused-ring (bicyclic) bond motifs is 1. The van der Waals surface area contributed by atoms with Gasteiger partial charge in [0, 0.05) is 16.1 Å². The lowest BCUT2D eigenvalue weighted by atomic mass is 9.94. The Labute approximate surface area is 199 Å². The summed E-state index contributed by atoms with van der Waals surface area (Å²) >= 11 is 6.01. The van der Waals surface area contributed by atoms with Crippen LogP contribution in [0.4, 0.5) is 5.69 Å². The number of furan rings is 1. The predicted octanol–water partition coefficient (Wildman–Crippen LogP) is 5.58. The van der Waals surface area contributed by atoms with E-state index in [-0.39, 0.29) is 17.1 Å². The molecular weight excluding hydrogens is 458 g/mol. The molecule has 0 aliphatic carbocycles. The fourth-order valence-corrected chi connectivity index (χ4v) is 4.24. The normalized spacial score (nSPS) is 15.9. The maximum atomic E-state index is 13.7. The van der Waals surface area contributed by atoms with Crippen LogP contribution in [0.15, 0.2) is 88.5 Å². The molecule has 0 saturated heterocycles. The number of aromatic hydroxyl groups is 1. The number of nitrogens with zero attached hydrogens (tertiary/aromatic N) is 1. The Kier molecular flexibility index (Phi) is 5.26. The van der Waals surface area contributed by atoms with Gasteiger partial charge in [0.15, 0.2) is 22.9 Å². The highest BCUT2D eigenvalue weighted by Crippen LogP contribution is 2.43. The molecule has 170 valence electrons. The first-order valence-electron chi connectivity index (χ1n) is 10.3. The topological polar surface area (TPSA) is 100 Å². The van der Waals surface area contributed by atoms with Crippen molar-refractivity contribution in [2.75, 3.05) is 12.0 Å². The Morgan fingerprint density at radius 2 is 1.74 bits per heavy atom. The van der Waals surface area contributed by atoms with Crippen LogP contribution in [0.25, 0.3) is 11.0 Å². The zero-order valence-electron chi connectivity index (χ0n) is 17.9. The van der Waals surface area contributed by atoms with Crippen molar-refractivity contribution in [1.29, 1.82) is 0 Å². The standard InChI is InChI=1S/C26H18ClNO6/c1-33-19-4-2-3-15-13-20(34-25(15)19)23(30)21-22(14-5-11-18(29)12-6-14)28(26(32)24(21)31)17-9-7-16(27)8-10-17/h2-13,22,29,31H,1H3. The van der Waals surface area contributed by atoms with Crippen molar-refractivity contribution < 1.29 is 29.0 Å². The largest absolute Gasteiger partial charge is 0.508 e. The van der Waals surface area contributed by atoms with Gasteiger partial charge in [-0.2, -0.15) is 0 Å². The molecule has 34 heavy (non-hydrogen) atoms. The molecule has 0 saturated carbocycles. The van der Waals surface area contributed by atoms with Crippen molar-refractivity contribution in [2.24, 2.45) is 0 Å². The Bertz CT molecular complexity index is 1450. The first kappa shape index (κ1) is 21.6. The molecular formula is C26H18ClNO6. The number of phenolic OH excluding ortho intramolecular Hbond substituents is 1. The summed E-state index contributed by atoms with van der Waals surface area (Å²) in [6.07, 6.45) is 0. The van der Waals surface area contributed by atoms with Crippen LogP contribution in [-0.2, 0) is 4.79 Å². The second-order valence-electron chi connectivity index (χ2n) is 7.73. The van der Waals surface area contributed by atoms with Gasteiger partial charge in [-0.15, -0.1) is 0 Å². The number of phenols is 1. The van der Waals surface area contributed by atoms with E-state index < -0.39 is 23.5 Å². The van der Waals surface area contributed by atoms with Crippen molar-refractivity contribution in [3.63, 3.8) is 0 Å². The van der Waals surface area contributed by atoms with Gasteiger partial charge in [0.1, 0.15) is 5.75 Å². The smallest absolute Gasteiger partial charge is 0.294 e. The van der Waals surface area contributed by atoms with E-state index in [1.165, 1.54) is 24.1 Å². The molecule has 3 aromatic carbocycles. The predicted molar refractivity (Wildman–Crippen MR) is 127 cm³/mol. The van der Waals surface area contributed by atoms with Crippen LogP contribution < -0.4 is 9.64 Å². The Morgan fingerprint density at radius 3 is 2.41 bits per heavy atom. The van der Waals surface area contributed by atoms with Crippen molar-refractivity contribution in [2.45, 2.75) is 6.04 Å². The molecule has 4 aromatic rings. The summed E-state index contributed by atoms with van der Waals surface area (Å²) in [7, 11) is 1.49. The van der Waals surface area contributed by atoms with E-state index in [4.69, 9.17) is 20.8 Å². The number of Topliss-reactive ketones (excluding diaryl/α,β-unsaturated/α-hetero) is 1. The molecule has 0 spiro atoms. The van der Waals surface area contributed by atoms with Crippen LogP contribution in [0.5, 0.6) is 11.5 Å². The second-order valence-corrected chi connectivity index (χ2v) is 8.16. The van der Waals surface area contributed by atoms with Gasteiger partial charge in [0.25, 0.3) is 5.91 Å². The number of rotatable bonds is 5. The average Bonchev–Trinajstić information content (AvgIpc) is 3.39. The van der Waals surface area contributed by atoms with Gasteiger partial charge < -0.3 is 19.4 Å². The molecule has 2 heterocycles. The number of benzene rings is 3. The zero-order chi connectivity index (χ0) is 24.0. The molecule has 0 bridgehead atoms. The van der Waals surface area contributed by atoms with Crippen LogP contribution in [0.3, 0.4) is 0 Å². The number of hydrogen-bond acceptors (Lipinski definition) is 6. The molecule has 1 unspecified atom stereocenters. The van der Waals surface area contributed by atoms with Gasteiger partial charge in [-0.25, -0.2) is 0 Å². The average molecular weight is 476 g/mol. The number of carbonyl (C=O) groups is 2. The summed E-state index contributed by atoms with van der Waals surface area (Å²) in [6, 6.07) is 18.4. The zero-order valence-corrected chi connectivity index (χ0v) is 18.6. The van der Waals surface area contributed by atoms with E-state index >= 15 is 0 Å². The van der Waals surface area contributed by atoms with E-state index in [9.17, 15) is 19.8 Å². The van der Waals surface area contributed by atoms with Crippen LogP contribution >= 0.6 is 11.6 Å². The van der Waals surface area contributed by atoms with Gasteiger partial charge in [-0.3, -0.25) is 14.5 Å². The molecule has 0 radical (unpaired) electrons. The first-order chi connectivity index (χ1) is 16.4. The highest BCUT2D eigenvalue weighted by atomic mass is 35.5.